The Hall–Kier alpha value is -0.510. The molecule has 3 nitrogen and oxygen atoms in total. The molecular weight excluding hydrogens is 152 g/mol. The summed E-state index contributed by atoms with van der Waals surface area (Å²) in [5.41, 5.74) is 0. The number of aliphatic carboxylic acids is 1. The molecule has 0 aromatic carbocycles. The van der Waals surface area contributed by atoms with E-state index in [4.69, 9.17) is 5.11 Å². The molecule has 0 radical (unpaired) electrons. The van der Waals surface area contributed by atoms with Crippen molar-refractivity contribution in [3.8, 4) is 0 Å². The van der Waals surface area contributed by atoms with E-state index in [1.54, 1.807) is 0 Å². The van der Waals surface area contributed by atoms with Gasteiger partial charge in [0.05, 0.1) is 0 Å². The van der Waals surface area contributed by atoms with E-state index in [0.717, 1.165) is 0 Å². The summed E-state index contributed by atoms with van der Waals surface area (Å²) in [6.07, 6.45) is 0.722. The molecule has 1 N–H and O–H groups in total. The lowest BCUT2D eigenvalue weighted by Gasteiger charge is -1.92. The Bertz CT molecular complexity index is 117. The van der Waals surface area contributed by atoms with Gasteiger partial charge in [-0.15, -0.1) is 0 Å². The summed E-state index contributed by atoms with van der Waals surface area (Å²) in [4.78, 5) is 20.3. The number of hydrogen-bond donors (Lipinski definition) is 1. The van der Waals surface area contributed by atoms with Crippen molar-refractivity contribution in [3.05, 3.63) is 0 Å². The highest BCUT2D eigenvalue weighted by molar-refractivity contribution is 8.13. The predicted octanol–water partition coefficient (Wildman–Crippen LogP) is 1.13. The molecule has 0 spiro atoms. The molecule has 0 aliphatic heterocycles. The first-order valence-electron chi connectivity index (χ1n) is 2.98. The van der Waals surface area contributed by atoms with Crippen LogP contribution in [0, 0.1) is 0 Å². The Morgan fingerprint density at radius 1 is 1.50 bits per heavy atom. The van der Waals surface area contributed by atoms with Crippen LogP contribution in [0.15, 0.2) is 0 Å². The Kier molecular flexibility index (Phi) is 5.02. The quantitative estimate of drug-likeness (QED) is 0.629. The first-order valence-corrected chi connectivity index (χ1v) is 3.96. The zero-order valence-electron chi connectivity index (χ0n) is 5.79. The second-order valence-corrected chi connectivity index (χ2v) is 3.11. The van der Waals surface area contributed by atoms with Gasteiger partial charge in [0.2, 0.25) is 0 Å². The summed E-state index contributed by atoms with van der Waals surface area (Å²) in [7, 11) is 0. The molecule has 0 atom stereocenters. The van der Waals surface area contributed by atoms with Crippen LogP contribution in [0.1, 0.15) is 19.8 Å². The van der Waals surface area contributed by atoms with Gasteiger partial charge in [-0.25, -0.2) is 0 Å². The van der Waals surface area contributed by atoms with Crippen molar-refractivity contribution >= 4 is 22.8 Å². The monoisotopic (exact) mass is 162 g/mol. The van der Waals surface area contributed by atoms with Gasteiger partial charge in [-0.05, 0) is 6.42 Å². The number of carboxylic acid groups (broad SMARTS) is 1. The second kappa shape index (κ2) is 5.29. The van der Waals surface area contributed by atoms with Gasteiger partial charge in [0.15, 0.2) is 5.12 Å². The summed E-state index contributed by atoms with van der Waals surface area (Å²) in [5, 5.41) is 8.23. The van der Waals surface area contributed by atoms with Crippen LogP contribution in [0.4, 0.5) is 0 Å². The summed E-state index contributed by atoms with van der Waals surface area (Å²) >= 11 is 1.17. The lowest BCUT2D eigenvalue weighted by Crippen LogP contribution is -1.95. The fourth-order valence-electron chi connectivity index (χ4n) is 0.439. The van der Waals surface area contributed by atoms with E-state index in [2.05, 4.69) is 0 Å². The number of carboxylic acids is 1. The fourth-order valence-corrected chi connectivity index (χ4v) is 1.02. The van der Waals surface area contributed by atoms with Gasteiger partial charge >= 0.3 is 5.97 Å². The molecule has 0 saturated carbocycles. The van der Waals surface area contributed by atoms with Gasteiger partial charge in [-0.2, -0.15) is 0 Å². The van der Waals surface area contributed by atoms with E-state index >= 15 is 0 Å². The summed E-state index contributed by atoms with van der Waals surface area (Å²) < 4.78 is 0. The highest BCUT2D eigenvalue weighted by Crippen LogP contribution is 2.04. The summed E-state index contributed by atoms with van der Waals surface area (Å²) in [6, 6.07) is 0. The minimum absolute atomic E-state index is 0.0467. The van der Waals surface area contributed by atoms with Crippen molar-refractivity contribution in [2.45, 2.75) is 19.8 Å². The third-order valence-corrected chi connectivity index (χ3v) is 1.74. The fraction of sp³-hybridized carbons (Fsp3) is 0.667. The maximum absolute atomic E-state index is 10.3. The van der Waals surface area contributed by atoms with Crippen molar-refractivity contribution in [1.82, 2.24) is 0 Å². The third-order valence-electron chi connectivity index (χ3n) is 0.840. The van der Waals surface area contributed by atoms with Crippen molar-refractivity contribution in [1.29, 1.82) is 0 Å². The maximum atomic E-state index is 10.3. The van der Waals surface area contributed by atoms with E-state index in [0.29, 0.717) is 12.2 Å². The van der Waals surface area contributed by atoms with Crippen molar-refractivity contribution in [3.63, 3.8) is 0 Å². The lowest BCUT2D eigenvalue weighted by molar-refractivity contribution is -0.137. The van der Waals surface area contributed by atoms with Crippen LogP contribution in [0.2, 0.25) is 0 Å². The van der Waals surface area contributed by atoms with Gasteiger partial charge in [-0.1, -0.05) is 11.8 Å². The lowest BCUT2D eigenvalue weighted by atomic mass is 10.3. The Morgan fingerprint density at radius 3 is 2.50 bits per heavy atom. The molecule has 0 aliphatic rings. The summed E-state index contributed by atoms with van der Waals surface area (Å²) in [6.45, 7) is 1.48. The molecule has 0 fully saturated rings. The Morgan fingerprint density at radius 2 is 2.10 bits per heavy atom. The van der Waals surface area contributed by atoms with E-state index < -0.39 is 5.97 Å². The minimum atomic E-state index is -0.802. The summed E-state index contributed by atoms with van der Waals surface area (Å²) in [5.74, 6) is -0.189. The number of carbonyl (C=O) groups excluding carboxylic acids is 1. The van der Waals surface area contributed by atoms with Crippen LogP contribution >= 0.6 is 11.8 Å². The Labute approximate surface area is 63.8 Å². The van der Waals surface area contributed by atoms with Gasteiger partial charge in [0.1, 0.15) is 0 Å². The normalized spacial score (nSPS) is 9.30. The van der Waals surface area contributed by atoms with Gasteiger partial charge in [-0.3, -0.25) is 9.59 Å². The predicted molar refractivity (Wildman–Crippen MR) is 40.0 cm³/mol. The van der Waals surface area contributed by atoms with Crippen molar-refractivity contribution < 1.29 is 14.7 Å². The molecule has 4 heteroatoms. The highest BCUT2D eigenvalue weighted by Gasteiger charge is 1.97. The molecule has 0 aromatic rings. The molecule has 0 aliphatic carbocycles. The number of thioether (sulfide) groups is 1. The highest BCUT2D eigenvalue weighted by atomic mass is 32.2. The minimum Gasteiger partial charge on any atom is -0.481 e. The average molecular weight is 162 g/mol. The second-order valence-electron chi connectivity index (χ2n) is 1.84. The van der Waals surface area contributed by atoms with Crippen LogP contribution in [0.5, 0.6) is 0 Å². The van der Waals surface area contributed by atoms with Crippen molar-refractivity contribution in [2.24, 2.45) is 0 Å². The Balaban J connectivity index is 3.06. The van der Waals surface area contributed by atoms with Crippen LogP contribution in [-0.2, 0) is 9.59 Å². The molecule has 0 amide bonds. The van der Waals surface area contributed by atoms with Gasteiger partial charge in [0, 0.05) is 19.1 Å². The van der Waals surface area contributed by atoms with Crippen LogP contribution < -0.4 is 0 Å². The average Bonchev–Trinajstić information content (AvgIpc) is 1.79. The molecule has 10 heavy (non-hydrogen) atoms. The van der Waals surface area contributed by atoms with Crippen LogP contribution in [0.25, 0.3) is 0 Å². The molecular formula is C6H10O3S. The van der Waals surface area contributed by atoms with Gasteiger partial charge in [0.25, 0.3) is 0 Å². The first kappa shape index (κ1) is 9.49. The zero-order chi connectivity index (χ0) is 7.98. The largest absolute Gasteiger partial charge is 0.481 e. The van der Waals surface area contributed by atoms with E-state index in [9.17, 15) is 9.59 Å². The van der Waals surface area contributed by atoms with E-state index in [1.165, 1.54) is 18.7 Å². The SMILES string of the molecule is CC(=O)SCCCC(=O)O. The van der Waals surface area contributed by atoms with Crippen LogP contribution in [0.3, 0.4) is 0 Å². The number of carbonyl (C=O) groups is 2. The number of hydrogen-bond acceptors (Lipinski definition) is 3. The molecule has 0 bridgehead atoms. The van der Waals surface area contributed by atoms with Crippen LogP contribution in [-0.4, -0.2) is 21.9 Å². The van der Waals surface area contributed by atoms with E-state index in [1.807, 2.05) is 0 Å². The van der Waals surface area contributed by atoms with Gasteiger partial charge < -0.3 is 5.11 Å². The smallest absolute Gasteiger partial charge is 0.303 e. The molecule has 0 saturated heterocycles. The first-order chi connectivity index (χ1) is 4.63. The number of rotatable bonds is 4. The topological polar surface area (TPSA) is 54.4 Å². The molecule has 0 heterocycles. The standard InChI is InChI=1S/C6H10O3S/c1-5(7)10-4-2-3-6(8)9/h2-4H2,1H3,(H,8,9). The molecule has 0 rings (SSSR count). The van der Waals surface area contributed by atoms with E-state index in [-0.39, 0.29) is 11.5 Å². The molecule has 0 unspecified atom stereocenters. The third kappa shape index (κ3) is 7.49. The maximum Gasteiger partial charge on any atom is 0.303 e. The van der Waals surface area contributed by atoms with Crippen molar-refractivity contribution in [2.75, 3.05) is 5.75 Å². The molecule has 0 aromatic heterocycles. The zero-order valence-corrected chi connectivity index (χ0v) is 6.61. The molecule has 58 valence electrons.